The molecule has 4 aromatic rings. The molecule has 37 heavy (non-hydrogen) atoms. The number of nitrogens with zero attached hydrogens (tertiary/aromatic N) is 4. The summed E-state index contributed by atoms with van der Waals surface area (Å²) in [5.74, 6) is -0.518. The molecule has 0 aliphatic rings. The van der Waals surface area contributed by atoms with E-state index in [1.807, 2.05) is 0 Å². The van der Waals surface area contributed by atoms with E-state index in [1.165, 1.54) is 43.7 Å². The molecular weight excluding hydrogens is 517 g/mol. The van der Waals surface area contributed by atoms with E-state index in [2.05, 4.69) is 14.7 Å². The molecule has 1 atom stereocenters. The van der Waals surface area contributed by atoms with Gasteiger partial charge in [-0.25, -0.2) is 9.78 Å². The van der Waals surface area contributed by atoms with Crippen LogP contribution in [0.1, 0.15) is 23.8 Å². The van der Waals surface area contributed by atoms with Crippen LogP contribution in [0.5, 0.6) is 5.75 Å². The van der Waals surface area contributed by atoms with Crippen LogP contribution in [0.4, 0.5) is 13.2 Å². The second-order valence-corrected chi connectivity index (χ2v) is 8.48. The summed E-state index contributed by atoms with van der Waals surface area (Å²) < 4.78 is 44.6. The Morgan fingerprint density at radius 3 is 2.54 bits per heavy atom. The molecule has 13 heteroatoms. The molecule has 3 heterocycles. The van der Waals surface area contributed by atoms with Gasteiger partial charge in [-0.05, 0) is 36.2 Å². The van der Waals surface area contributed by atoms with Crippen LogP contribution in [0, 0.1) is 0 Å². The third-order valence-electron chi connectivity index (χ3n) is 5.62. The summed E-state index contributed by atoms with van der Waals surface area (Å²) in [7, 11) is 1.39. The van der Waals surface area contributed by atoms with Gasteiger partial charge in [0.15, 0.2) is 0 Å². The highest BCUT2D eigenvalue weighted by atomic mass is 35.5. The van der Waals surface area contributed by atoms with Crippen molar-refractivity contribution in [2.75, 3.05) is 6.61 Å². The standard InChI is InChI=1S/C24H20ClF3N4O5/c1-31-21-19(22(35)32(23(31)36)8-3-9-33)18(20(34)17-7-6-14(25)11-29-17)16(12-30-21)13-4-2-5-15(10-13)37-24(26,27)28/h2,4-7,10-12,20,33-34H,3,8-9H2,1H3. The number of pyridine rings is 2. The average Bonchev–Trinajstić information content (AvgIpc) is 2.85. The molecule has 0 saturated carbocycles. The van der Waals surface area contributed by atoms with Gasteiger partial charge in [-0.3, -0.25) is 18.9 Å². The Hall–Kier alpha value is -3.74. The predicted molar refractivity (Wildman–Crippen MR) is 128 cm³/mol. The largest absolute Gasteiger partial charge is 0.573 e. The number of aliphatic hydroxyl groups excluding tert-OH is 2. The van der Waals surface area contributed by atoms with Crippen molar-refractivity contribution in [1.29, 1.82) is 0 Å². The number of hydrogen-bond donors (Lipinski definition) is 2. The molecule has 0 saturated heterocycles. The first kappa shape index (κ1) is 26.3. The van der Waals surface area contributed by atoms with Gasteiger partial charge in [-0.15, -0.1) is 13.2 Å². The van der Waals surface area contributed by atoms with Gasteiger partial charge >= 0.3 is 12.1 Å². The fraction of sp³-hybridized carbons (Fsp3) is 0.250. The minimum absolute atomic E-state index is 0.0256. The fourth-order valence-electron chi connectivity index (χ4n) is 3.97. The minimum Gasteiger partial charge on any atom is -0.406 e. The fourth-order valence-corrected chi connectivity index (χ4v) is 4.08. The zero-order chi connectivity index (χ0) is 26.9. The van der Waals surface area contributed by atoms with Gasteiger partial charge < -0.3 is 14.9 Å². The lowest BCUT2D eigenvalue weighted by Gasteiger charge is -2.20. The Morgan fingerprint density at radius 2 is 1.89 bits per heavy atom. The molecule has 0 radical (unpaired) electrons. The van der Waals surface area contributed by atoms with Crippen molar-refractivity contribution in [2.45, 2.75) is 25.4 Å². The van der Waals surface area contributed by atoms with E-state index >= 15 is 0 Å². The van der Waals surface area contributed by atoms with Crippen LogP contribution in [0.3, 0.4) is 0 Å². The number of rotatable bonds is 7. The summed E-state index contributed by atoms with van der Waals surface area (Å²) >= 11 is 5.92. The highest BCUT2D eigenvalue weighted by Crippen LogP contribution is 2.36. The normalized spacial score (nSPS) is 12.6. The third-order valence-corrected chi connectivity index (χ3v) is 5.84. The van der Waals surface area contributed by atoms with Crippen molar-refractivity contribution < 1.29 is 28.1 Å². The van der Waals surface area contributed by atoms with E-state index in [-0.39, 0.29) is 53.0 Å². The first-order chi connectivity index (χ1) is 17.5. The van der Waals surface area contributed by atoms with Crippen molar-refractivity contribution in [3.05, 3.63) is 85.9 Å². The summed E-state index contributed by atoms with van der Waals surface area (Å²) in [5.41, 5.74) is -1.17. The monoisotopic (exact) mass is 536 g/mol. The number of aryl methyl sites for hydroxylation is 1. The molecule has 0 fully saturated rings. The Bertz CT molecular complexity index is 1570. The van der Waals surface area contributed by atoms with Gasteiger partial charge in [0.1, 0.15) is 17.5 Å². The van der Waals surface area contributed by atoms with E-state index in [1.54, 1.807) is 0 Å². The van der Waals surface area contributed by atoms with E-state index in [4.69, 9.17) is 11.6 Å². The lowest BCUT2D eigenvalue weighted by atomic mass is 9.93. The van der Waals surface area contributed by atoms with Crippen LogP contribution in [0.25, 0.3) is 22.2 Å². The number of aliphatic hydroxyl groups is 2. The predicted octanol–water partition coefficient (Wildman–Crippen LogP) is 3.17. The molecule has 0 spiro atoms. The van der Waals surface area contributed by atoms with Crippen molar-refractivity contribution >= 4 is 22.6 Å². The Kier molecular flexibility index (Phi) is 7.35. The lowest BCUT2D eigenvalue weighted by molar-refractivity contribution is -0.274. The first-order valence-electron chi connectivity index (χ1n) is 10.9. The lowest BCUT2D eigenvalue weighted by Crippen LogP contribution is -2.40. The quantitative estimate of drug-likeness (QED) is 0.372. The number of alkyl halides is 3. The summed E-state index contributed by atoms with van der Waals surface area (Å²) in [5, 5.41) is 20.8. The molecule has 1 unspecified atom stereocenters. The van der Waals surface area contributed by atoms with Crippen LogP contribution in [0.2, 0.25) is 5.02 Å². The number of fused-ring (bicyclic) bond motifs is 1. The topological polar surface area (TPSA) is 119 Å². The molecule has 194 valence electrons. The van der Waals surface area contributed by atoms with Crippen LogP contribution < -0.4 is 16.0 Å². The number of ether oxygens (including phenoxy) is 1. The maximum absolute atomic E-state index is 13.6. The zero-order valence-corrected chi connectivity index (χ0v) is 20.0. The molecule has 0 bridgehead atoms. The maximum Gasteiger partial charge on any atom is 0.573 e. The van der Waals surface area contributed by atoms with Gasteiger partial charge in [0.05, 0.1) is 16.1 Å². The van der Waals surface area contributed by atoms with Crippen LogP contribution in [0.15, 0.2) is 58.4 Å². The van der Waals surface area contributed by atoms with Crippen molar-refractivity contribution in [1.82, 2.24) is 19.1 Å². The molecule has 9 nitrogen and oxygen atoms in total. The molecule has 3 aromatic heterocycles. The summed E-state index contributed by atoms with van der Waals surface area (Å²) in [6.45, 7) is -0.381. The number of benzene rings is 1. The van der Waals surface area contributed by atoms with Crippen LogP contribution in [-0.2, 0) is 13.6 Å². The molecule has 0 aliphatic carbocycles. The van der Waals surface area contributed by atoms with E-state index in [9.17, 15) is 33.0 Å². The van der Waals surface area contributed by atoms with Gasteiger partial charge in [0, 0.05) is 43.7 Å². The molecule has 0 aliphatic heterocycles. The van der Waals surface area contributed by atoms with Gasteiger partial charge in [-0.2, -0.15) is 0 Å². The molecule has 4 rings (SSSR count). The first-order valence-corrected chi connectivity index (χ1v) is 11.3. The third kappa shape index (κ3) is 5.36. The van der Waals surface area contributed by atoms with E-state index in [0.717, 1.165) is 21.3 Å². The van der Waals surface area contributed by atoms with Gasteiger partial charge in [0.25, 0.3) is 5.56 Å². The van der Waals surface area contributed by atoms with E-state index < -0.39 is 29.5 Å². The zero-order valence-electron chi connectivity index (χ0n) is 19.2. The smallest absolute Gasteiger partial charge is 0.406 e. The van der Waals surface area contributed by atoms with Gasteiger partial charge in [-0.1, -0.05) is 23.7 Å². The molecular formula is C24H20ClF3N4O5. The van der Waals surface area contributed by atoms with Crippen molar-refractivity contribution in [3.8, 4) is 16.9 Å². The van der Waals surface area contributed by atoms with Crippen molar-refractivity contribution in [2.24, 2.45) is 7.05 Å². The van der Waals surface area contributed by atoms with E-state index in [0.29, 0.717) is 5.02 Å². The Morgan fingerprint density at radius 1 is 1.14 bits per heavy atom. The minimum atomic E-state index is -4.94. The summed E-state index contributed by atoms with van der Waals surface area (Å²) in [6.07, 6.45) is -3.84. The summed E-state index contributed by atoms with van der Waals surface area (Å²) in [6, 6.07) is 7.88. The SMILES string of the molecule is Cn1c(=O)n(CCCO)c(=O)c2c(C(O)c3ccc(Cl)cn3)c(-c3cccc(OC(F)(F)F)c3)cnc21. The van der Waals surface area contributed by atoms with Crippen molar-refractivity contribution in [3.63, 3.8) is 0 Å². The number of halogens is 4. The van der Waals surface area contributed by atoms with Gasteiger partial charge in [0.2, 0.25) is 0 Å². The Balaban J connectivity index is 2.06. The molecule has 1 aromatic carbocycles. The molecule has 0 amide bonds. The highest BCUT2D eigenvalue weighted by Gasteiger charge is 2.31. The number of hydrogen-bond acceptors (Lipinski definition) is 7. The second-order valence-electron chi connectivity index (χ2n) is 8.04. The maximum atomic E-state index is 13.6. The average molecular weight is 537 g/mol. The Labute approximate surface area is 212 Å². The number of aromatic nitrogens is 4. The molecule has 2 N–H and O–H groups in total. The van der Waals surface area contributed by atoms with Crippen LogP contribution in [-0.4, -0.2) is 42.3 Å². The second kappa shape index (κ2) is 10.3. The van der Waals surface area contributed by atoms with Crippen LogP contribution >= 0.6 is 11.6 Å². The summed E-state index contributed by atoms with van der Waals surface area (Å²) in [4.78, 5) is 34.7. The highest BCUT2D eigenvalue weighted by molar-refractivity contribution is 6.30.